The lowest BCUT2D eigenvalue weighted by atomic mass is 10.0. The van der Waals surface area contributed by atoms with E-state index in [2.05, 4.69) is 36.4 Å². The summed E-state index contributed by atoms with van der Waals surface area (Å²) in [6, 6.07) is 8.17. The summed E-state index contributed by atoms with van der Waals surface area (Å²) in [5.41, 5.74) is 5.95. The molecule has 0 unspecified atom stereocenters. The molecule has 3 aromatic rings. The van der Waals surface area contributed by atoms with Gasteiger partial charge in [0.2, 0.25) is 0 Å². The number of aromatic nitrogens is 3. The van der Waals surface area contributed by atoms with E-state index in [1.165, 1.54) is 5.69 Å². The molecule has 0 saturated carbocycles. The monoisotopic (exact) mass is 402 g/mol. The van der Waals surface area contributed by atoms with Gasteiger partial charge in [-0.25, -0.2) is 4.98 Å². The molecule has 27 heavy (non-hydrogen) atoms. The van der Waals surface area contributed by atoms with Gasteiger partial charge in [-0.05, 0) is 43.5 Å². The van der Waals surface area contributed by atoms with Gasteiger partial charge in [-0.3, -0.25) is 4.68 Å². The van der Waals surface area contributed by atoms with Crippen LogP contribution in [0.25, 0.3) is 22.3 Å². The molecule has 0 amide bonds. The Kier molecular flexibility index (Phi) is 4.81. The minimum Gasteiger partial charge on any atom is -0.365 e. The summed E-state index contributed by atoms with van der Waals surface area (Å²) in [7, 11) is 0. The topological polar surface area (TPSA) is 34.0 Å². The molecule has 4 nitrogen and oxygen atoms in total. The molecule has 3 heterocycles. The smallest absolute Gasteiger partial charge is 0.120 e. The van der Waals surface area contributed by atoms with Crippen LogP contribution in [0.3, 0.4) is 0 Å². The maximum absolute atomic E-state index is 6.49. The zero-order chi connectivity index (χ0) is 19.3. The Bertz CT molecular complexity index is 1010. The first-order chi connectivity index (χ1) is 12.9. The maximum atomic E-state index is 6.49. The van der Waals surface area contributed by atoms with E-state index in [9.17, 15) is 0 Å². The number of pyridine rings is 1. The molecule has 4 rings (SSSR count). The predicted molar refractivity (Wildman–Crippen MR) is 114 cm³/mol. The quantitative estimate of drug-likeness (QED) is 0.538. The van der Waals surface area contributed by atoms with Gasteiger partial charge >= 0.3 is 0 Å². The lowest BCUT2D eigenvalue weighted by molar-refractivity contribution is 0.438. The number of hydrogen-bond donors (Lipinski definition) is 0. The van der Waals surface area contributed by atoms with Crippen LogP contribution in [0.2, 0.25) is 10.0 Å². The Balaban J connectivity index is 1.97. The van der Waals surface area contributed by atoms with E-state index < -0.39 is 0 Å². The minimum atomic E-state index is 0.429. The van der Waals surface area contributed by atoms with E-state index in [-0.39, 0.29) is 0 Å². The molecule has 0 aliphatic carbocycles. The van der Waals surface area contributed by atoms with Gasteiger partial charge < -0.3 is 4.90 Å². The summed E-state index contributed by atoms with van der Waals surface area (Å²) >= 11 is 12.6. The number of hydrogen-bond acceptors (Lipinski definition) is 3. The summed E-state index contributed by atoms with van der Waals surface area (Å²) in [5.74, 6) is 0.585. The van der Waals surface area contributed by atoms with E-state index in [0.717, 1.165) is 47.5 Å². The Morgan fingerprint density at radius 2 is 2.00 bits per heavy atom. The van der Waals surface area contributed by atoms with Crippen LogP contribution in [0.1, 0.15) is 32.9 Å². The van der Waals surface area contributed by atoms with Crippen LogP contribution >= 0.6 is 23.2 Å². The molecule has 0 bridgehead atoms. The Hall–Kier alpha value is -1.78. The first-order valence-electron chi connectivity index (χ1n) is 9.49. The maximum Gasteiger partial charge on any atom is 0.120 e. The van der Waals surface area contributed by atoms with Crippen LogP contribution in [0.5, 0.6) is 0 Å². The van der Waals surface area contributed by atoms with Crippen LogP contribution in [0, 0.1) is 12.8 Å². The molecular formula is C21H24Cl2N4. The van der Waals surface area contributed by atoms with Gasteiger partial charge in [-0.2, -0.15) is 5.10 Å². The predicted octanol–water partition coefficient (Wildman–Crippen LogP) is 5.97. The van der Waals surface area contributed by atoms with Crippen molar-refractivity contribution < 1.29 is 0 Å². The SMILES string of the molecule is CC[C@H]1Cn2nc(-c3ccc(Cl)cc3Cl)c3nc(C)cc(c32)N1CC(C)C. The highest BCUT2D eigenvalue weighted by Gasteiger charge is 2.31. The molecule has 0 radical (unpaired) electrons. The number of halogens is 2. The summed E-state index contributed by atoms with van der Waals surface area (Å²) in [6.45, 7) is 10.7. The van der Waals surface area contributed by atoms with Gasteiger partial charge in [0.25, 0.3) is 0 Å². The molecule has 0 fully saturated rings. The van der Waals surface area contributed by atoms with Crippen molar-refractivity contribution in [3.05, 3.63) is 40.0 Å². The van der Waals surface area contributed by atoms with Crippen molar-refractivity contribution in [3.8, 4) is 11.3 Å². The first-order valence-corrected chi connectivity index (χ1v) is 10.2. The van der Waals surface area contributed by atoms with Crippen LogP contribution in [0.15, 0.2) is 24.3 Å². The van der Waals surface area contributed by atoms with E-state index in [1.807, 2.05) is 19.1 Å². The number of rotatable bonds is 4. The van der Waals surface area contributed by atoms with Crippen LogP contribution in [-0.2, 0) is 6.54 Å². The van der Waals surface area contributed by atoms with Crippen LogP contribution in [-0.4, -0.2) is 27.4 Å². The van der Waals surface area contributed by atoms with Crippen LogP contribution in [0.4, 0.5) is 5.69 Å². The molecule has 1 aliphatic rings. The summed E-state index contributed by atoms with van der Waals surface area (Å²) < 4.78 is 2.11. The van der Waals surface area contributed by atoms with Crippen molar-refractivity contribution in [1.82, 2.24) is 14.8 Å². The van der Waals surface area contributed by atoms with Gasteiger partial charge in [-0.15, -0.1) is 0 Å². The van der Waals surface area contributed by atoms with E-state index in [4.69, 9.17) is 33.3 Å². The van der Waals surface area contributed by atoms with Gasteiger partial charge in [-0.1, -0.05) is 44.0 Å². The zero-order valence-electron chi connectivity index (χ0n) is 16.1. The number of anilines is 1. The van der Waals surface area contributed by atoms with Crippen molar-refractivity contribution in [2.24, 2.45) is 5.92 Å². The normalized spacial score (nSPS) is 16.6. The molecule has 1 aromatic carbocycles. The average molecular weight is 403 g/mol. The minimum absolute atomic E-state index is 0.429. The highest BCUT2D eigenvalue weighted by atomic mass is 35.5. The second-order valence-corrected chi connectivity index (χ2v) is 8.59. The van der Waals surface area contributed by atoms with Gasteiger partial charge in [0, 0.05) is 28.9 Å². The Morgan fingerprint density at radius 3 is 2.67 bits per heavy atom. The highest BCUT2D eigenvalue weighted by molar-refractivity contribution is 6.36. The molecule has 142 valence electrons. The fourth-order valence-electron chi connectivity index (χ4n) is 3.99. The molecule has 1 aliphatic heterocycles. The largest absolute Gasteiger partial charge is 0.365 e. The molecule has 0 spiro atoms. The highest BCUT2D eigenvalue weighted by Crippen LogP contribution is 2.40. The van der Waals surface area contributed by atoms with E-state index >= 15 is 0 Å². The number of nitrogens with zero attached hydrogens (tertiary/aromatic N) is 4. The second kappa shape index (κ2) is 6.99. The second-order valence-electron chi connectivity index (χ2n) is 7.74. The van der Waals surface area contributed by atoms with Crippen molar-refractivity contribution in [2.45, 2.75) is 46.7 Å². The lowest BCUT2D eigenvalue weighted by Gasteiger charge is -2.38. The third kappa shape index (κ3) is 3.19. The van der Waals surface area contributed by atoms with Gasteiger partial charge in [0.05, 0.1) is 17.3 Å². The molecule has 0 N–H and O–H groups in total. The third-order valence-electron chi connectivity index (χ3n) is 5.16. The number of aryl methyl sites for hydroxylation is 1. The third-order valence-corrected chi connectivity index (χ3v) is 5.70. The number of benzene rings is 1. The molecule has 6 heteroatoms. The van der Waals surface area contributed by atoms with E-state index in [1.54, 1.807) is 6.07 Å². The van der Waals surface area contributed by atoms with Crippen molar-refractivity contribution >= 4 is 39.9 Å². The summed E-state index contributed by atoms with van der Waals surface area (Å²) in [5, 5.41) is 6.16. The fraction of sp³-hybridized carbons (Fsp3) is 0.429. The lowest BCUT2D eigenvalue weighted by Crippen LogP contribution is -2.43. The van der Waals surface area contributed by atoms with Crippen molar-refractivity contribution in [3.63, 3.8) is 0 Å². The average Bonchev–Trinajstić information content (AvgIpc) is 2.95. The van der Waals surface area contributed by atoms with Crippen molar-refractivity contribution in [1.29, 1.82) is 0 Å². The molecule has 1 atom stereocenters. The van der Waals surface area contributed by atoms with Crippen molar-refractivity contribution in [2.75, 3.05) is 11.4 Å². The summed E-state index contributed by atoms with van der Waals surface area (Å²) in [6.07, 6.45) is 1.08. The standard InChI is InChI=1S/C21H24Cl2N4/c1-5-15-11-27-21-18(26(15)10-12(2)3)8-13(4)24-20(21)19(25-27)16-7-6-14(22)9-17(16)23/h6-9,12,15H,5,10-11H2,1-4H3/t15-/m0/s1. The Morgan fingerprint density at radius 1 is 1.22 bits per heavy atom. The van der Waals surface area contributed by atoms with Gasteiger partial charge in [0.1, 0.15) is 16.7 Å². The molecule has 0 saturated heterocycles. The first kappa shape index (κ1) is 18.6. The Labute approximate surface area is 170 Å². The van der Waals surface area contributed by atoms with Gasteiger partial charge in [0.15, 0.2) is 0 Å². The fourth-order valence-corrected chi connectivity index (χ4v) is 4.48. The zero-order valence-corrected chi connectivity index (χ0v) is 17.6. The molecule has 2 aromatic heterocycles. The van der Waals surface area contributed by atoms with Crippen LogP contribution < -0.4 is 4.90 Å². The summed E-state index contributed by atoms with van der Waals surface area (Å²) in [4.78, 5) is 7.38. The molecular weight excluding hydrogens is 379 g/mol. The van der Waals surface area contributed by atoms with E-state index in [0.29, 0.717) is 22.0 Å².